The number of halogens is 4. The Bertz CT molecular complexity index is 742. The van der Waals surface area contributed by atoms with Gasteiger partial charge in [-0.25, -0.2) is 0 Å². The summed E-state index contributed by atoms with van der Waals surface area (Å²) in [5.41, 5.74) is -0.432. The van der Waals surface area contributed by atoms with Gasteiger partial charge in [-0.3, -0.25) is 0 Å². The molecule has 0 saturated carbocycles. The Morgan fingerprint density at radius 1 is 1.20 bits per heavy atom. The number of hydrogen-bond donors (Lipinski definition) is 1. The van der Waals surface area contributed by atoms with E-state index in [1.54, 1.807) is 0 Å². The number of rotatable bonds is 1. The molecule has 0 amide bonds. The monoisotopic (exact) mass is 314 g/mol. The second-order valence-corrected chi connectivity index (χ2v) is 4.76. The zero-order valence-corrected chi connectivity index (χ0v) is 11.3. The van der Waals surface area contributed by atoms with Gasteiger partial charge in [0.05, 0.1) is 5.56 Å². The minimum absolute atomic E-state index is 0.00433. The average molecular weight is 315 g/mol. The van der Waals surface area contributed by atoms with Gasteiger partial charge in [-0.15, -0.1) is 0 Å². The van der Waals surface area contributed by atoms with Crippen molar-refractivity contribution in [3.05, 3.63) is 51.3 Å². The van der Waals surface area contributed by atoms with Gasteiger partial charge in [-0.1, -0.05) is 36.0 Å². The van der Waals surface area contributed by atoms with Crippen LogP contribution in [0.15, 0.2) is 30.3 Å². The fourth-order valence-corrected chi connectivity index (χ4v) is 2.07. The van der Waals surface area contributed by atoms with Gasteiger partial charge in [0.2, 0.25) is 0 Å². The molecule has 0 unspecified atom stereocenters. The first kappa shape index (κ1) is 14.6. The molecule has 2 rings (SSSR count). The predicted molar refractivity (Wildman–Crippen MR) is 71.8 cm³/mol. The fraction of sp³-hybridized carbons (Fsp3) is 0.0769. The van der Waals surface area contributed by atoms with Gasteiger partial charge in [0.15, 0.2) is 0 Å². The normalized spacial score (nSPS) is 11.2. The summed E-state index contributed by atoms with van der Waals surface area (Å²) in [4.78, 5) is 2.03. The molecule has 1 N–H and O–H groups in total. The van der Waals surface area contributed by atoms with Crippen molar-refractivity contribution in [3.8, 4) is 17.2 Å². The van der Waals surface area contributed by atoms with E-state index in [9.17, 15) is 13.2 Å². The maximum Gasteiger partial charge on any atom is 0.431 e. The minimum atomic E-state index is -4.57. The van der Waals surface area contributed by atoms with E-state index >= 15 is 0 Å². The smallest absolute Gasteiger partial charge is 0.341 e. The molecule has 7 heteroatoms. The van der Waals surface area contributed by atoms with Crippen LogP contribution in [0.25, 0.3) is 11.1 Å². The number of nitrogens with one attached hydrogen (secondary N) is 1. The second kappa shape index (κ2) is 5.27. The fourth-order valence-electron chi connectivity index (χ4n) is 1.68. The van der Waals surface area contributed by atoms with Crippen molar-refractivity contribution in [1.82, 2.24) is 4.98 Å². The number of benzene rings is 1. The van der Waals surface area contributed by atoms with E-state index in [0.29, 0.717) is 10.6 Å². The van der Waals surface area contributed by atoms with Gasteiger partial charge in [0.1, 0.15) is 16.4 Å². The van der Waals surface area contributed by atoms with E-state index in [0.717, 1.165) is 6.07 Å². The van der Waals surface area contributed by atoms with Crippen molar-refractivity contribution in [3.63, 3.8) is 0 Å². The zero-order valence-electron chi connectivity index (χ0n) is 9.75. The van der Waals surface area contributed by atoms with Gasteiger partial charge >= 0.3 is 6.18 Å². The first-order valence-corrected chi connectivity index (χ1v) is 6.12. The number of pyridine rings is 1. The van der Waals surface area contributed by atoms with Gasteiger partial charge < -0.3 is 4.98 Å². The van der Waals surface area contributed by atoms with Crippen LogP contribution in [0.1, 0.15) is 11.3 Å². The summed E-state index contributed by atoms with van der Waals surface area (Å²) in [7, 11) is 0. The quantitative estimate of drug-likeness (QED) is 0.756. The molecule has 2 aromatic rings. The van der Waals surface area contributed by atoms with E-state index in [1.165, 1.54) is 24.3 Å². The number of hydrogen-bond acceptors (Lipinski definition) is 2. The van der Waals surface area contributed by atoms with Crippen molar-refractivity contribution >= 4 is 23.8 Å². The van der Waals surface area contributed by atoms with Gasteiger partial charge in [-0.2, -0.15) is 18.4 Å². The summed E-state index contributed by atoms with van der Waals surface area (Å²) in [5.74, 6) is 0. The number of aromatic nitrogens is 1. The largest absolute Gasteiger partial charge is 0.431 e. The van der Waals surface area contributed by atoms with Crippen LogP contribution in [0.5, 0.6) is 0 Å². The maximum atomic E-state index is 12.8. The SMILES string of the molecule is N#Cc1c(-c2ccc(Cl)cc2)cc(C(F)(F)F)[nH]c1=S. The van der Waals surface area contributed by atoms with E-state index in [2.05, 4.69) is 0 Å². The topological polar surface area (TPSA) is 39.6 Å². The van der Waals surface area contributed by atoms with Crippen LogP contribution >= 0.6 is 23.8 Å². The molecular formula is C13H6ClF3N2S. The highest BCUT2D eigenvalue weighted by atomic mass is 35.5. The summed E-state index contributed by atoms with van der Waals surface area (Å²) < 4.78 is 38.1. The molecule has 0 saturated heterocycles. The molecule has 102 valence electrons. The molecule has 1 aromatic heterocycles. The molecule has 0 radical (unpaired) electrons. The summed E-state index contributed by atoms with van der Waals surface area (Å²) >= 11 is 10.6. The summed E-state index contributed by atoms with van der Waals surface area (Å²) in [5, 5.41) is 9.51. The third-order valence-electron chi connectivity index (χ3n) is 2.61. The Morgan fingerprint density at radius 2 is 1.80 bits per heavy atom. The molecule has 0 fully saturated rings. The highest BCUT2D eigenvalue weighted by molar-refractivity contribution is 7.71. The predicted octanol–water partition coefficient (Wildman–Crippen LogP) is 4.96. The van der Waals surface area contributed by atoms with Crippen LogP contribution in [-0.4, -0.2) is 4.98 Å². The highest BCUT2D eigenvalue weighted by Gasteiger charge is 2.32. The van der Waals surface area contributed by atoms with Gasteiger partial charge in [0, 0.05) is 10.6 Å². The van der Waals surface area contributed by atoms with E-state index in [-0.39, 0.29) is 15.8 Å². The van der Waals surface area contributed by atoms with E-state index in [1.807, 2.05) is 11.1 Å². The molecule has 20 heavy (non-hydrogen) atoms. The number of alkyl halides is 3. The molecule has 1 aromatic carbocycles. The molecule has 0 atom stereocenters. The summed E-state index contributed by atoms with van der Waals surface area (Å²) in [6, 6.07) is 8.83. The lowest BCUT2D eigenvalue weighted by molar-refractivity contribution is -0.141. The van der Waals surface area contributed by atoms with Crippen LogP contribution in [0.3, 0.4) is 0 Å². The summed E-state index contributed by atoms with van der Waals surface area (Å²) in [6.07, 6.45) is -4.57. The molecule has 2 nitrogen and oxygen atoms in total. The molecule has 0 aliphatic rings. The lowest BCUT2D eigenvalue weighted by Gasteiger charge is -2.11. The number of nitriles is 1. The van der Waals surface area contributed by atoms with E-state index < -0.39 is 11.9 Å². The minimum Gasteiger partial charge on any atom is -0.341 e. The molecule has 0 spiro atoms. The number of nitrogens with zero attached hydrogens (tertiary/aromatic N) is 1. The average Bonchev–Trinajstić information content (AvgIpc) is 2.37. The lowest BCUT2D eigenvalue weighted by atomic mass is 10.0. The molecule has 0 aliphatic carbocycles. The Labute approximate surface area is 122 Å². The van der Waals surface area contributed by atoms with Crippen molar-refractivity contribution in [1.29, 1.82) is 5.26 Å². The highest BCUT2D eigenvalue weighted by Crippen LogP contribution is 2.33. The van der Waals surface area contributed by atoms with Crippen LogP contribution < -0.4 is 0 Å². The van der Waals surface area contributed by atoms with Gasteiger partial charge in [-0.05, 0) is 23.8 Å². The molecule has 0 bridgehead atoms. The Kier molecular flexibility index (Phi) is 3.84. The molecule has 1 heterocycles. The van der Waals surface area contributed by atoms with Crippen molar-refractivity contribution in [2.24, 2.45) is 0 Å². The van der Waals surface area contributed by atoms with Gasteiger partial charge in [0.25, 0.3) is 0 Å². The maximum absolute atomic E-state index is 12.8. The van der Waals surface area contributed by atoms with Crippen molar-refractivity contribution in [2.45, 2.75) is 6.18 Å². The van der Waals surface area contributed by atoms with Crippen LogP contribution in [0.4, 0.5) is 13.2 Å². The van der Waals surface area contributed by atoms with E-state index in [4.69, 9.17) is 29.1 Å². The second-order valence-electron chi connectivity index (χ2n) is 3.92. The first-order valence-electron chi connectivity index (χ1n) is 5.33. The standard InChI is InChI=1S/C13H6ClF3N2S/c14-8-3-1-7(2-4-8)9-5-11(13(15,16)17)19-12(20)10(9)6-18/h1-5H,(H,19,20). The number of H-pyrrole nitrogens is 1. The zero-order chi connectivity index (χ0) is 14.9. The summed E-state index contributed by atoms with van der Waals surface area (Å²) in [6.45, 7) is 0. The Hall–Kier alpha value is -1.84. The third-order valence-corrected chi connectivity index (χ3v) is 3.16. The molecular weight excluding hydrogens is 309 g/mol. The van der Waals surface area contributed by atoms with Crippen LogP contribution in [0.2, 0.25) is 5.02 Å². The van der Waals surface area contributed by atoms with Crippen LogP contribution in [0, 0.1) is 16.0 Å². The Morgan fingerprint density at radius 3 is 2.30 bits per heavy atom. The molecule has 0 aliphatic heterocycles. The Balaban J connectivity index is 2.74. The van der Waals surface area contributed by atoms with Crippen molar-refractivity contribution in [2.75, 3.05) is 0 Å². The third kappa shape index (κ3) is 2.84. The first-order chi connectivity index (χ1) is 9.32. The van der Waals surface area contributed by atoms with Crippen molar-refractivity contribution < 1.29 is 13.2 Å². The number of aromatic amines is 1. The van der Waals surface area contributed by atoms with Crippen LogP contribution in [-0.2, 0) is 6.18 Å². The lowest BCUT2D eigenvalue weighted by Crippen LogP contribution is -2.09.